The Morgan fingerprint density at radius 2 is 1.75 bits per heavy atom. The van der Waals surface area contributed by atoms with Crippen LogP contribution >= 0.6 is 23.2 Å². The summed E-state index contributed by atoms with van der Waals surface area (Å²) in [6.07, 6.45) is 0.0782. The van der Waals surface area contributed by atoms with Crippen molar-refractivity contribution in [3.63, 3.8) is 0 Å². The summed E-state index contributed by atoms with van der Waals surface area (Å²) in [6, 6.07) is 15.2. The normalized spacial score (nSPS) is 11.4. The van der Waals surface area contributed by atoms with Crippen LogP contribution in [0, 0.1) is 11.6 Å². The van der Waals surface area contributed by atoms with Gasteiger partial charge in [0.1, 0.15) is 17.2 Å². The topological polar surface area (TPSA) is 99.2 Å². The molecule has 0 radical (unpaired) electrons. The number of para-hydroxylation sites is 1. The molecule has 3 N–H and O–H groups in total. The van der Waals surface area contributed by atoms with Gasteiger partial charge in [0, 0.05) is 23.4 Å². The number of nitrogens with one attached hydrogen (secondary N) is 1. The SMILES string of the molecule is CC(C)(C)OC(=O)CCNc1ccccc1-c1nc(C(N)=O)c(-c2ccc(F)c(Cl)c2)n1-c1cccc(Cl)c1F. The zero-order valence-corrected chi connectivity index (χ0v) is 23.4. The van der Waals surface area contributed by atoms with Crippen molar-refractivity contribution in [1.82, 2.24) is 9.55 Å². The maximum atomic E-state index is 15.5. The fourth-order valence-electron chi connectivity index (χ4n) is 4.11. The highest BCUT2D eigenvalue weighted by Gasteiger charge is 2.28. The number of esters is 1. The van der Waals surface area contributed by atoms with Crippen LogP contribution in [0.3, 0.4) is 0 Å². The highest BCUT2D eigenvalue weighted by molar-refractivity contribution is 6.31. The largest absolute Gasteiger partial charge is 0.460 e. The summed E-state index contributed by atoms with van der Waals surface area (Å²) >= 11 is 12.2. The van der Waals surface area contributed by atoms with Crippen molar-refractivity contribution in [1.29, 1.82) is 0 Å². The van der Waals surface area contributed by atoms with Crippen LogP contribution in [0.5, 0.6) is 0 Å². The van der Waals surface area contributed by atoms with Gasteiger partial charge in [-0.1, -0.05) is 41.4 Å². The zero-order chi connectivity index (χ0) is 29.2. The van der Waals surface area contributed by atoms with Gasteiger partial charge < -0.3 is 15.8 Å². The van der Waals surface area contributed by atoms with Gasteiger partial charge in [0.05, 0.1) is 27.8 Å². The van der Waals surface area contributed by atoms with E-state index in [2.05, 4.69) is 10.3 Å². The Morgan fingerprint density at radius 1 is 1.02 bits per heavy atom. The van der Waals surface area contributed by atoms with E-state index in [0.29, 0.717) is 11.3 Å². The number of imidazole rings is 1. The second-order valence-corrected chi connectivity index (χ2v) is 10.7. The number of primary amides is 1. The van der Waals surface area contributed by atoms with Crippen molar-refractivity contribution in [2.75, 3.05) is 11.9 Å². The van der Waals surface area contributed by atoms with Gasteiger partial charge in [-0.05, 0) is 63.2 Å². The van der Waals surface area contributed by atoms with Crippen molar-refractivity contribution in [2.45, 2.75) is 32.8 Å². The number of carbonyl (C=O) groups excluding carboxylic acids is 2. The number of rotatable bonds is 8. The lowest BCUT2D eigenvalue weighted by Crippen LogP contribution is -2.25. The Balaban J connectivity index is 1.90. The first kappa shape index (κ1) is 29.0. The summed E-state index contributed by atoms with van der Waals surface area (Å²) in [6.45, 7) is 5.57. The molecular formula is C29H26Cl2F2N4O3. The van der Waals surface area contributed by atoms with Gasteiger partial charge in [0.25, 0.3) is 5.91 Å². The van der Waals surface area contributed by atoms with Crippen LogP contribution in [-0.4, -0.2) is 33.6 Å². The Morgan fingerprint density at radius 3 is 2.42 bits per heavy atom. The van der Waals surface area contributed by atoms with E-state index in [0.717, 1.165) is 6.07 Å². The van der Waals surface area contributed by atoms with E-state index in [1.54, 1.807) is 51.1 Å². The number of halogens is 4. The molecule has 1 amide bonds. The molecule has 7 nitrogen and oxygen atoms in total. The molecule has 11 heteroatoms. The predicted molar refractivity (Wildman–Crippen MR) is 152 cm³/mol. The van der Waals surface area contributed by atoms with E-state index >= 15 is 4.39 Å². The minimum absolute atomic E-state index is 0.0264. The molecule has 40 heavy (non-hydrogen) atoms. The van der Waals surface area contributed by atoms with Crippen molar-refractivity contribution in [3.05, 3.63) is 88.0 Å². The van der Waals surface area contributed by atoms with E-state index in [1.165, 1.54) is 28.8 Å². The molecule has 3 aromatic carbocycles. The average molecular weight is 587 g/mol. The molecule has 0 saturated heterocycles. The van der Waals surface area contributed by atoms with E-state index in [-0.39, 0.29) is 57.4 Å². The van der Waals surface area contributed by atoms with Gasteiger partial charge in [-0.25, -0.2) is 13.8 Å². The van der Waals surface area contributed by atoms with E-state index in [1.807, 2.05) is 0 Å². The lowest BCUT2D eigenvalue weighted by Gasteiger charge is -2.20. The third-order valence-corrected chi connectivity index (χ3v) is 6.29. The number of aromatic nitrogens is 2. The molecule has 0 unspecified atom stereocenters. The third kappa shape index (κ3) is 6.26. The first-order valence-corrected chi connectivity index (χ1v) is 13.0. The minimum Gasteiger partial charge on any atom is -0.460 e. The molecule has 0 fully saturated rings. The maximum absolute atomic E-state index is 15.5. The highest BCUT2D eigenvalue weighted by atomic mass is 35.5. The Kier molecular flexibility index (Phi) is 8.46. The second kappa shape index (κ2) is 11.7. The number of nitrogens with two attached hydrogens (primary N) is 1. The fourth-order valence-corrected chi connectivity index (χ4v) is 4.46. The number of hydrogen-bond donors (Lipinski definition) is 2. The highest BCUT2D eigenvalue weighted by Crippen LogP contribution is 2.38. The quantitative estimate of drug-likeness (QED) is 0.216. The van der Waals surface area contributed by atoms with Crippen LogP contribution in [0.1, 0.15) is 37.7 Å². The zero-order valence-electron chi connectivity index (χ0n) is 21.9. The molecule has 4 aromatic rings. The van der Waals surface area contributed by atoms with Gasteiger partial charge >= 0.3 is 5.97 Å². The number of ether oxygens (including phenoxy) is 1. The lowest BCUT2D eigenvalue weighted by atomic mass is 10.1. The minimum atomic E-state index is -0.895. The number of hydrogen-bond acceptors (Lipinski definition) is 5. The van der Waals surface area contributed by atoms with Crippen LogP contribution in [-0.2, 0) is 9.53 Å². The molecular weight excluding hydrogens is 561 g/mol. The van der Waals surface area contributed by atoms with Gasteiger partial charge in [-0.15, -0.1) is 0 Å². The summed E-state index contributed by atoms with van der Waals surface area (Å²) < 4.78 is 36.3. The average Bonchev–Trinajstić information content (AvgIpc) is 3.27. The second-order valence-electron chi connectivity index (χ2n) is 9.84. The van der Waals surface area contributed by atoms with E-state index < -0.39 is 23.1 Å². The molecule has 0 saturated carbocycles. The van der Waals surface area contributed by atoms with Gasteiger partial charge in [-0.3, -0.25) is 14.2 Å². The van der Waals surface area contributed by atoms with Crippen LogP contribution in [0.4, 0.5) is 14.5 Å². The Labute approximate surface area is 239 Å². The molecule has 0 atom stereocenters. The summed E-state index contributed by atoms with van der Waals surface area (Å²) in [5.41, 5.74) is 6.25. The van der Waals surface area contributed by atoms with Crippen LogP contribution in [0.15, 0.2) is 60.7 Å². The van der Waals surface area contributed by atoms with Gasteiger partial charge in [-0.2, -0.15) is 0 Å². The monoisotopic (exact) mass is 586 g/mol. The Bertz CT molecular complexity index is 1600. The molecule has 0 spiro atoms. The molecule has 0 aliphatic carbocycles. The number of anilines is 1. The van der Waals surface area contributed by atoms with Crippen molar-refractivity contribution >= 4 is 40.8 Å². The van der Waals surface area contributed by atoms with Gasteiger partial charge in [0.2, 0.25) is 0 Å². The van der Waals surface area contributed by atoms with Crippen molar-refractivity contribution in [3.8, 4) is 28.3 Å². The number of benzene rings is 3. The summed E-state index contributed by atoms with van der Waals surface area (Å²) in [5.74, 6) is -2.58. The Hall–Kier alpha value is -3.95. The smallest absolute Gasteiger partial charge is 0.308 e. The number of amides is 1. The molecule has 1 aromatic heterocycles. The van der Waals surface area contributed by atoms with Gasteiger partial charge in [0.15, 0.2) is 11.5 Å². The molecule has 0 aliphatic heterocycles. The fraction of sp³-hybridized carbons (Fsp3) is 0.207. The predicted octanol–water partition coefficient (Wildman–Crippen LogP) is 7.03. The third-order valence-electron chi connectivity index (χ3n) is 5.71. The molecule has 1 heterocycles. The summed E-state index contributed by atoms with van der Waals surface area (Å²) in [7, 11) is 0. The summed E-state index contributed by atoms with van der Waals surface area (Å²) in [5, 5.41) is 2.81. The number of nitrogens with zero attached hydrogens (tertiary/aromatic N) is 2. The summed E-state index contributed by atoms with van der Waals surface area (Å²) in [4.78, 5) is 29.4. The van der Waals surface area contributed by atoms with Crippen molar-refractivity contribution in [2.24, 2.45) is 5.73 Å². The van der Waals surface area contributed by atoms with Crippen LogP contribution in [0.25, 0.3) is 28.3 Å². The number of carbonyl (C=O) groups is 2. The van der Waals surface area contributed by atoms with E-state index in [9.17, 15) is 14.0 Å². The standard InChI is InChI=1S/C29H26Cl2F2N4O3/c1-29(2,3)40-23(38)13-14-35-21-9-5-4-7-17(21)28-36-25(27(34)39)26(16-11-12-20(32)19(31)15-16)37(28)22-10-6-8-18(30)24(22)33/h4-12,15,35H,13-14H2,1-3H3,(H2,34,39). The van der Waals surface area contributed by atoms with Crippen molar-refractivity contribution < 1.29 is 23.1 Å². The lowest BCUT2D eigenvalue weighted by molar-refractivity contribution is -0.154. The molecule has 0 aliphatic rings. The maximum Gasteiger partial charge on any atom is 0.308 e. The first-order valence-electron chi connectivity index (χ1n) is 12.2. The molecule has 0 bridgehead atoms. The van der Waals surface area contributed by atoms with Crippen LogP contribution in [0.2, 0.25) is 10.0 Å². The molecule has 4 rings (SSSR count). The molecule has 208 valence electrons. The van der Waals surface area contributed by atoms with E-state index in [4.69, 9.17) is 33.7 Å². The van der Waals surface area contributed by atoms with Crippen LogP contribution < -0.4 is 11.1 Å². The first-order chi connectivity index (χ1) is 18.9.